The third kappa shape index (κ3) is 6.35. The van der Waals surface area contributed by atoms with Crippen LogP contribution >= 0.6 is 0 Å². The molecule has 0 aliphatic rings. The largest absolute Gasteiger partial charge is 0.416 e. The van der Waals surface area contributed by atoms with Gasteiger partial charge in [0.15, 0.2) is 0 Å². The van der Waals surface area contributed by atoms with Gasteiger partial charge in [-0.05, 0) is 50.1 Å². The fraction of sp³-hybridized carbons (Fsp3) is 0.500. The summed E-state index contributed by atoms with van der Waals surface area (Å²) >= 11 is 0. The Balaban J connectivity index is 2.34. The van der Waals surface area contributed by atoms with E-state index in [1.807, 2.05) is 43.8 Å². The molecule has 0 aliphatic carbocycles. The van der Waals surface area contributed by atoms with Crippen LogP contribution in [0.15, 0.2) is 47.5 Å². The number of nitrogens with zero attached hydrogens (tertiary/aromatic N) is 3. The second kappa shape index (κ2) is 10.1. The van der Waals surface area contributed by atoms with Crippen LogP contribution in [0, 0.1) is 5.92 Å². The Morgan fingerprint density at radius 1 is 1.09 bits per heavy atom. The summed E-state index contributed by atoms with van der Waals surface area (Å²) in [5.74, 6) is -0.268. The highest BCUT2D eigenvalue weighted by Gasteiger charge is 2.35. The molecule has 32 heavy (non-hydrogen) atoms. The minimum absolute atomic E-state index is 0.145. The van der Waals surface area contributed by atoms with Gasteiger partial charge in [-0.2, -0.15) is 17.5 Å². The van der Waals surface area contributed by atoms with E-state index in [1.165, 1.54) is 0 Å². The van der Waals surface area contributed by atoms with E-state index in [-0.39, 0.29) is 5.92 Å². The number of sulfonamides is 1. The number of amides is 1. The Kier molecular flexibility index (Phi) is 8.17. The van der Waals surface area contributed by atoms with Crippen molar-refractivity contribution in [3.05, 3.63) is 53.9 Å². The zero-order chi connectivity index (χ0) is 24.3. The van der Waals surface area contributed by atoms with E-state index >= 15 is 0 Å². The van der Waals surface area contributed by atoms with E-state index in [9.17, 15) is 26.4 Å². The first-order valence-corrected chi connectivity index (χ1v) is 11.7. The minimum atomic E-state index is -4.67. The van der Waals surface area contributed by atoms with Crippen LogP contribution in [0.4, 0.5) is 13.2 Å². The number of carbonyl (C=O) groups is 1. The van der Waals surface area contributed by atoms with Gasteiger partial charge in [-0.25, -0.2) is 8.42 Å². The molecule has 2 rings (SSSR count). The van der Waals surface area contributed by atoms with Gasteiger partial charge in [-0.3, -0.25) is 4.79 Å². The normalized spacial score (nSPS) is 12.7. The third-order valence-corrected chi connectivity index (χ3v) is 7.00. The molecule has 1 amide bonds. The summed E-state index contributed by atoms with van der Waals surface area (Å²) < 4.78 is 68.5. The first kappa shape index (κ1) is 25.9. The fourth-order valence-electron chi connectivity index (χ4n) is 3.30. The van der Waals surface area contributed by atoms with Crippen molar-refractivity contribution >= 4 is 15.9 Å². The molecule has 0 fully saturated rings. The second-order valence-electron chi connectivity index (χ2n) is 8.45. The molecule has 0 bridgehead atoms. The Morgan fingerprint density at radius 2 is 1.75 bits per heavy atom. The van der Waals surface area contributed by atoms with Gasteiger partial charge in [0, 0.05) is 31.5 Å². The quantitative estimate of drug-likeness (QED) is 0.550. The van der Waals surface area contributed by atoms with Crippen molar-refractivity contribution in [1.29, 1.82) is 0 Å². The lowest BCUT2D eigenvalue weighted by Crippen LogP contribution is -2.46. The summed E-state index contributed by atoms with van der Waals surface area (Å²) in [5.41, 5.74) is -0.172. The van der Waals surface area contributed by atoms with Gasteiger partial charge < -0.3 is 9.47 Å². The molecule has 0 atom stereocenters. The first-order valence-electron chi connectivity index (χ1n) is 10.3. The van der Waals surface area contributed by atoms with Gasteiger partial charge in [-0.15, -0.1) is 0 Å². The molecule has 2 aromatic rings. The Bertz CT molecular complexity index is 1030. The average Bonchev–Trinajstić information content (AvgIpc) is 3.08. The number of aromatic nitrogens is 1. The predicted octanol–water partition coefficient (Wildman–Crippen LogP) is 4.13. The number of halogens is 3. The number of benzene rings is 1. The number of alkyl halides is 3. The van der Waals surface area contributed by atoms with Crippen molar-refractivity contribution in [3.63, 3.8) is 0 Å². The van der Waals surface area contributed by atoms with E-state index in [1.54, 1.807) is 18.7 Å². The molecule has 1 heterocycles. The lowest BCUT2D eigenvalue weighted by molar-refractivity contribution is -0.137. The van der Waals surface area contributed by atoms with Crippen LogP contribution in [0.2, 0.25) is 0 Å². The van der Waals surface area contributed by atoms with Gasteiger partial charge >= 0.3 is 6.18 Å². The summed E-state index contributed by atoms with van der Waals surface area (Å²) in [5, 5.41) is 0. The molecule has 0 unspecified atom stereocenters. The molecule has 0 aliphatic heterocycles. The highest BCUT2D eigenvalue weighted by molar-refractivity contribution is 7.89. The van der Waals surface area contributed by atoms with E-state index in [0.29, 0.717) is 19.2 Å². The molecular weight excluding hydrogens is 443 g/mol. The monoisotopic (exact) mass is 473 g/mol. The SMILES string of the molecule is CC(C)CN(Cc1cccn1C)C(=O)CN(C(C)C)S(=O)(=O)c1cccc(C(F)(F)F)c1. The summed E-state index contributed by atoms with van der Waals surface area (Å²) in [6.45, 7) is 7.32. The van der Waals surface area contributed by atoms with Gasteiger partial charge in [0.05, 0.1) is 23.5 Å². The third-order valence-electron chi connectivity index (χ3n) is 4.98. The number of hydrogen-bond donors (Lipinski definition) is 0. The molecule has 6 nitrogen and oxygen atoms in total. The van der Waals surface area contributed by atoms with Crippen LogP contribution in [-0.4, -0.2) is 47.2 Å². The summed E-state index contributed by atoms with van der Waals surface area (Å²) in [6, 6.07) is 6.68. The van der Waals surface area contributed by atoms with E-state index < -0.39 is 45.2 Å². The van der Waals surface area contributed by atoms with Gasteiger partial charge in [-0.1, -0.05) is 19.9 Å². The minimum Gasteiger partial charge on any atom is -0.353 e. The van der Waals surface area contributed by atoms with Crippen LogP contribution in [0.25, 0.3) is 0 Å². The zero-order valence-corrected chi connectivity index (χ0v) is 19.7. The Labute approximate surface area is 187 Å². The molecule has 0 saturated carbocycles. The number of aryl methyl sites for hydroxylation is 1. The van der Waals surface area contributed by atoms with Crippen LogP contribution in [-0.2, 0) is 34.6 Å². The highest BCUT2D eigenvalue weighted by Crippen LogP contribution is 2.31. The van der Waals surface area contributed by atoms with E-state index in [4.69, 9.17) is 0 Å². The van der Waals surface area contributed by atoms with Crippen molar-refractivity contribution in [1.82, 2.24) is 13.8 Å². The highest BCUT2D eigenvalue weighted by atomic mass is 32.2. The van der Waals surface area contributed by atoms with Crippen LogP contribution in [0.3, 0.4) is 0 Å². The molecule has 0 spiro atoms. The molecule has 1 aromatic carbocycles. The maximum absolute atomic E-state index is 13.2. The number of hydrogen-bond acceptors (Lipinski definition) is 3. The van der Waals surface area contributed by atoms with Crippen molar-refractivity contribution < 1.29 is 26.4 Å². The van der Waals surface area contributed by atoms with E-state index in [0.717, 1.165) is 28.2 Å². The summed E-state index contributed by atoms with van der Waals surface area (Å²) in [7, 11) is -2.48. The van der Waals surface area contributed by atoms with Gasteiger partial charge in [0.1, 0.15) is 0 Å². The first-order chi connectivity index (χ1) is 14.7. The predicted molar refractivity (Wildman–Crippen MR) is 116 cm³/mol. The molecule has 0 N–H and O–H groups in total. The Hall–Kier alpha value is -2.33. The molecule has 10 heteroatoms. The van der Waals surface area contributed by atoms with Crippen LogP contribution in [0.5, 0.6) is 0 Å². The molecular formula is C22H30F3N3O3S. The standard InChI is InChI=1S/C22H30F3N3O3S/c1-16(2)13-27(14-19-9-7-11-26(19)5)21(29)15-28(17(3)4)32(30,31)20-10-6-8-18(12-20)22(23,24)25/h6-12,16-17H,13-15H2,1-5H3. The summed E-state index contributed by atoms with van der Waals surface area (Å²) in [4.78, 5) is 14.3. The van der Waals surface area contributed by atoms with Crippen molar-refractivity contribution in [2.75, 3.05) is 13.1 Å². The fourth-order valence-corrected chi connectivity index (χ4v) is 4.93. The topological polar surface area (TPSA) is 62.6 Å². The molecule has 0 saturated heterocycles. The van der Waals surface area contributed by atoms with Crippen LogP contribution in [0.1, 0.15) is 39.0 Å². The zero-order valence-electron chi connectivity index (χ0n) is 18.9. The van der Waals surface area contributed by atoms with Crippen molar-refractivity contribution in [2.45, 2.75) is 51.4 Å². The van der Waals surface area contributed by atoms with Crippen LogP contribution < -0.4 is 0 Å². The maximum atomic E-state index is 13.2. The number of carbonyl (C=O) groups excluding carboxylic acids is 1. The van der Waals surface area contributed by atoms with Crippen molar-refractivity contribution in [2.24, 2.45) is 13.0 Å². The smallest absolute Gasteiger partial charge is 0.353 e. The van der Waals surface area contributed by atoms with E-state index in [2.05, 4.69) is 0 Å². The molecule has 0 radical (unpaired) electrons. The molecule has 178 valence electrons. The maximum Gasteiger partial charge on any atom is 0.416 e. The van der Waals surface area contributed by atoms with Crippen molar-refractivity contribution in [3.8, 4) is 0 Å². The lowest BCUT2D eigenvalue weighted by Gasteiger charge is -2.30. The van der Waals surface area contributed by atoms with Gasteiger partial charge in [0.2, 0.25) is 15.9 Å². The summed E-state index contributed by atoms with van der Waals surface area (Å²) in [6.07, 6.45) is -2.82. The Morgan fingerprint density at radius 3 is 2.25 bits per heavy atom. The number of rotatable bonds is 9. The second-order valence-corrected chi connectivity index (χ2v) is 10.3. The molecule has 1 aromatic heterocycles. The van der Waals surface area contributed by atoms with Gasteiger partial charge in [0.25, 0.3) is 0 Å². The average molecular weight is 474 g/mol. The lowest BCUT2D eigenvalue weighted by atomic mass is 10.2.